The van der Waals surface area contributed by atoms with Crippen LogP contribution in [0.15, 0.2) is 11.6 Å². The summed E-state index contributed by atoms with van der Waals surface area (Å²) < 4.78 is 0. The first-order chi connectivity index (χ1) is 8.48. The van der Waals surface area contributed by atoms with E-state index in [2.05, 4.69) is 39.1 Å². The fourth-order valence-corrected chi connectivity index (χ4v) is 4.20. The van der Waals surface area contributed by atoms with Crippen molar-refractivity contribution in [2.75, 3.05) is 0 Å². The van der Waals surface area contributed by atoms with E-state index >= 15 is 0 Å². The van der Waals surface area contributed by atoms with Gasteiger partial charge in [-0.2, -0.15) is 0 Å². The maximum Gasteiger partial charge on any atom is 0.207 e. The van der Waals surface area contributed by atoms with Gasteiger partial charge in [0.05, 0.1) is 0 Å². The summed E-state index contributed by atoms with van der Waals surface area (Å²) in [5.74, 6) is 2.80. The highest BCUT2D eigenvalue weighted by molar-refractivity contribution is 5.48. The summed E-state index contributed by atoms with van der Waals surface area (Å²) in [6.45, 7) is 9.18. The lowest BCUT2D eigenvalue weighted by Gasteiger charge is -2.51. The number of nitrogens with one attached hydrogen (secondary N) is 1. The van der Waals surface area contributed by atoms with Gasteiger partial charge >= 0.3 is 0 Å². The number of amides is 1. The van der Waals surface area contributed by atoms with E-state index in [0.29, 0.717) is 11.8 Å². The number of carbonyl (C=O) groups is 1. The highest BCUT2D eigenvalue weighted by atomic mass is 16.1. The molecule has 1 saturated carbocycles. The van der Waals surface area contributed by atoms with Gasteiger partial charge in [0.2, 0.25) is 6.41 Å². The van der Waals surface area contributed by atoms with Gasteiger partial charge in [-0.1, -0.05) is 25.5 Å². The van der Waals surface area contributed by atoms with Crippen molar-refractivity contribution in [1.29, 1.82) is 0 Å². The van der Waals surface area contributed by atoms with E-state index in [0.717, 1.165) is 24.7 Å². The van der Waals surface area contributed by atoms with Crippen molar-refractivity contribution in [2.45, 2.75) is 58.9 Å². The summed E-state index contributed by atoms with van der Waals surface area (Å²) in [7, 11) is 0. The topological polar surface area (TPSA) is 29.1 Å². The van der Waals surface area contributed by atoms with E-state index < -0.39 is 0 Å². The molecule has 1 N–H and O–H groups in total. The molecule has 0 bridgehead atoms. The lowest BCUT2D eigenvalue weighted by molar-refractivity contribution is -0.113. The van der Waals surface area contributed by atoms with E-state index in [1.54, 1.807) is 0 Å². The van der Waals surface area contributed by atoms with E-state index in [9.17, 15) is 4.79 Å². The van der Waals surface area contributed by atoms with Gasteiger partial charge in [0.1, 0.15) is 0 Å². The number of hydrogen-bond acceptors (Lipinski definition) is 1. The lowest BCUT2D eigenvalue weighted by atomic mass is 9.57. The molecule has 2 rings (SSSR count). The van der Waals surface area contributed by atoms with Gasteiger partial charge in [-0.05, 0) is 63.2 Å². The van der Waals surface area contributed by atoms with Crippen LogP contribution in [-0.2, 0) is 4.79 Å². The highest BCUT2D eigenvalue weighted by Gasteiger charge is 2.46. The molecule has 0 saturated heterocycles. The van der Waals surface area contributed by atoms with E-state index in [-0.39, 0.29) is 5.54 Å². The monoisotopic (exact) mass is 249 g/mol. The van der Waals surface area contributed by atoms with Crippen LogP contribution in [0.2, 0.25) is 0 Å². The van der Waals surface area contributed by atoms with Crippen molar-refractivity contribution in [3.63, 3.8) is 0 Å². The summed E-state index contributed by atoms with van der Waals surface area (Å²) in [4.78, 5) is 10.9. The minimum atomic E-state index is 0.00894. The van der Waals surface area contributed by atoms with Crippen molar-refractivity contribution in [1.82, 2.24) is 5.32 Å². The Morgan fingerprint density at radius 3 is 2.78 bits per heavy atom. The van der Waals surface area contributed by atoms with Crippen LogP contribution >= 0.6 is 0 Å². The molecule has 0 aromatic heterocycles. The zero-order chi connectivity index (χ0) is 13.3. The molecule has 0 heterocycles. The zero-order valence-corrected chi connectivity index (χ0v) is 12.2. The molecule has 1 amide bonds. The second-order valence-corrected chi connectivity index (χ2v) is 6.86. The zero-order valence-electron chi connectivity index (χ0n) is 12.2. The SMILES string of the molecule is CC1=C[C@H]2[C@H](C(C)C)CC[C@@](C)(NC=O)[C@H]2CC1. The maximum absolute atomic E-state index is 10.9. The predicted octanol–water partition coefficient (Wildman–Crippen LogP) is 3.53. The molecule has 0 radical (unpaired) electrons. The van der Waals surface area contributed by atoms with Gasteiger partial charge in [-0.3, -0.25) is 4.79 Å². The molecule has 0 aromatic carbocycles. The van der Waals surface area contributed by atoms with E-state index in [1.807, 2.05) is 0 Å². The van der Waals surface area contributed by atoms with Crippen LogP contribution in [0.5, 0.6) is 0 Å². The fraction of sp³-hybridized carbons (Fsp3) is 0.812. The number of carbonyl (C=O) groups excluding carboxylic acids is 1. The third-order valence-corrected chi connectivity index (χ3v) is 5.35. The Kier molecular flexibility index (Phi) is 3.84. The number of allylic oxidation sites excluding steroid dienone is 2. The van der Waals surface area contributed by atoms with Crippen molar-refractivity contribution in [3.05, 3.63) is 11.6 Å². The fourth-order valence-electron chi connectivity index (χ4n) is 4.20. The molecule has 2 aliphatic rings. The van der Waals surface area contributed by atoms with Crippen molar-refractivity contribution >= 4 is 6.41 Å². The molecule has 2 aliphatic carbocycles. The molecule has 2 nitrogen and oxygen atoms in total. The van der Waals surface area contributed by atoms with Crippen LogP contribution in [0, 0.1) is 23.7 Å². The van der Waals surface area contributed by atoms with Gasteiger partial charge < -0.3 is 5.32 Å². The van der Waals surface area contributed by atoms with Gasteiger partial charge in [0.25, 0.3) is 0 Å². The molecule has 0 spiro atoms. The summed E-state index contributed by atoms with van der Waals surface area (Å²) in [6, 6.07) is 0. The molecule has 0 aliphatic heterocycles. The van der Waals surface area contributed by atoms with Crippen LogP contribution < -0.4 is 5.32 Å². The Balaban J connectivity index is 2.29. The average Bonchev–Trinajstić information content (AvgIpc) is 2.28. The largest absolute Gasteiger partial charge is 0.353 e. The normalized spacial score (nSPS) is 40.1. The van der Waals surface area contributed by atoms with Crippen molar-refractivity contribution in [2.24, 2.45) is 23.7 Å². The first kappa shape index (κ1) is 13.6. The van der Waals surface area contributed by atoms with Gasteiger partial charge in [0, 0.05) is 5.54 Å². The summed E-state index contributed by atoms with van der Waals surface area (Å²) in [5, 5.41) is 3.12. The quantitative estimate of drug-likeness (QED) is 0.601. The Hall–Kier alpha value is -0.790. The van der Waals surface area contributed by atoms with Crippen LogP contribution in [0.25, 0.3) is 0 Å². The van der Waals surface area contributed by atoms with Gasteiger partial charge in [-0.25, -0.2) is 0 Å². The third-order valence-electron chi connectivity index (χ3n) is 5.35. The molecule has 18 heavy (non-hydrogen) atoms. The molecule has 1 fully saturated rings. The van der Waals surface area contributed by atoms with Gasteiger partial charge in [0.15, 0.2) is 0 Å². The van der Waals surface area contributed by atoms with E-state index in [1.165, 1.54) is 24.8 Å². The molecular weight excluding hydrogens is 222 g/mol. The molecule has 0 aromatic rings. The molecule has 4 atom stereocenters. The van der Waals surface area contributed by atoms with Gasteiger partial charge in [-0.15, -0.1) is 0 Å². The minimum absolute atomic E-state index is 0.00894. The second kappa shape index (κ2) is 5.07. The van der Waals surface area contributed by atoms with Crippen molar-refractivity contribution in [3.8, 4) is 0 Å². The lowest BCUT2D eigenvalue weighted by Crippen LogP contribution is -2.56. The van der Waals surface area contributed by atoms with Crippen LogP contribution in [0.1, 0.15) is 53.4 Å². The Labute approximate surface area is 111 Å². The van der Waals surface area contributed by atoms with E-state index in [4.69, 9.17) is 0 Å². The van der Waals surface area contributed by atoms with Crippen LogP contribution in [0.3, 0.4) is 0 Å². The number of fused-ring (bicyclic) bond motifs is 1. The Morgan fingerprint density at radius 1 is 1.44 bits per heavy atom. The smallest absolute Gasteiger partial charge is 0.207 e. The molecular formula is C16H27NO. The van der Waals surface area contributed by atoms with Crippen LogP contribution in [-0.4, -0.2) is 11.9 Å². The molecule has 102 valence electrons. The maximum atomic E-state index is 10.9. The van der Waals surface area contributed by atoms with Crippen molar-refractivity contribution < 1.29 is 4.79 Å². The molecule has 2 heteroatoms. The molecule has 0 unspecified atom stereocenters. The summed E-state index contributed by atoms with van der Waals surface area (Å²) >= 11 is 0. The number of rotatable bonds is 3. The van der Waals surface area contributed by atoms with Crippen LogP contribution in [0.4, 0.5) is 0 Å². The first-order valence-electron chi connectivity index (χ1n) is 7.36. The highest BCUT2D eigenvalue weighted by Crippen LogP contribution is 2.49. The first-order valence-corrected chi connectivity index (χ1v) is 7.36. The average molecular weight is 249 g/mol. The summed E-state index contributed by atoms with van der Waals surface area (Å²) in [5.41, 5.74) is 1.55. The predicted molar refractivity (Wildman–Crippen MR) is 75.1 cm³/mol. The second-order valence-electron chi connectivity index (χ2n) is 6.86. The Morgan fingerprint density at radius 2 is 2.17 bits per heavy atom. The standard InChI is InChI=1S/C16H27NO/c1-11(2)13-7-8-16(4,17-10-18)15-6-5-12(3)9-14(13)15/h9-11,13-15H,5-8H2,1-4H3,(H,17,18)/t13-,14-,15-,16+/m0/s1. The number of hydrogen-bond donors (Lipinski definition) is 1. The Bertz CT molecular complexity index is 347. The summed E-state index contributed by atoms with van der Waals surface area (Å²) in [6.07, 6.45) is 8.19. The third kappa shape index (κ3) is 2.34. The minimum Gasteiger partial charge on any atom is -0.353 e.